The first kappa shape index (κ1) is 15.7. The SMILES string of the molecule is CC(CCc1ccccc1)NS(=O)(=O)c1ccc(C#N)s1. The molecule has 1 N–H and O–H groups in total. The van der Waals surface area contributed by atoms with Crippen LogP contribution in [0.5, 0.6) is 0 Å². The lowest BCUT2D eigenvalue weighted by atomic mass is 10.1. The summed E-state index contributed by atoms with van der Waals surface area (Å²) in [6, 6.07) is 14.7. The van der Waals surface area contributed by atoms with Gasteiger partial charge >= 0.3 is 0 Å². The molecule has 2 aromatic rings. The number of sulfonamides is 1. The van der Waals surface area contributed by atoms with E-state index in [-0.39, 0.29) is 10.3 Å². The first-order chi connectivity index (χ1) is 10.0. The van der Waals surface area contributed by atoms with E-state index >= 15 is 0 Å². The molecule has 0 aliphatic rings. The average Bonchev–Trinajstić information content (AvgIpc) is 2.96. The van der Waals surface area contributed by atoms with Crippen LogP contribution in [0.4, 0.5) is 0 Å². The molecule has 1 aromatic heterocycles. The lowest BCUT2D eigenvalue weighted by Crippen LogP contribution is -2.32. The van der Waals surface area contributed by atoms with Gasteiger partial charge in [-0.1, -0.05) is 30.3 Å². The molecule has 1 atom stereocenters. The van der Waals surface area contributed by atoms with Gasteiger partial charge in [0.15, 0.2) is 0 Å². The zero-order valence-corrected chi connectivity index (χ0v) is 13.2. The van der Waals surface area contributed by atoms with Gasteiger partial charge < -0.3 is 0 Å². The molecule has 2 rings (SSSR count). The van der Waals surface area contributed by atoms with E-state index in [1.807, 2.05) is 43.3 Å². The molecule has 0 radical (unpaired) electrons. The summed E-state index contributed by atoms with van der Waals surface area (Å²) in [7, 11) is -3.54. The molecule has 0 saturated carbocycles. The maximum atomic E-state index is 12.2. The number of hydrogen-bond acceptors (Lipinski definition) is 4. The Kier molecular flexibility index (Phi) is 5.12. The monoisotopic (exact) mass is 320 g/mol. The summed E-state index contributed by atoms with van der Waals surface area (Å²) in [6.07, 6.45) is 1.54. The molecule has 0 spiro atoms. The largest absolute Gasteiger partial charge is 0.250 e. The minimum absolute atomic E-state index is 0.164. The lowest BCUT2D eigenvalue weighted by Gasteiger charge is -2.13. The van der Waals surface area contributed by atoms with Gasteiger partial charge in [0.05, 0.1) is 0 Å². The fraction of sp³-hybridized carbons (Fsp3) is 0.267. The summed E-state index contributed by atoms with van der Waals surface area (Å²) < 4.78 is 27.2. The zero-order chi connectivity index (χ0) is 15.3. The highest BCUT2D eigenvalue weighted by Gasteiger charge is 2.19. The summed E-state index contributed by atoms with van der Waals surface area (Å²) in [5.41, 5.74) is 1.19. The number of nitriles is 1. The highest BCUT2D eigenvalue weighted by atomic mass is 32.2. The van der Waals surface area contributed by atoms with E-state index in [1.165, 1.54) is 17.7 Å². The fourth-order valence-corrected chi connectivity index (χ4v) is 4.33. The molecule has 0 fully saturated rings. The molecule has 1 aromatic carbocycles. The summed E-state index contributed by atoms with van der Waals surface area (Å²) in [5, 5.41) is 8.75. The van der Waals surface area contributed by atoms with Gasteiger partial charge in [0, 0.05) is 6.04 Å². The van der Waals surface area contributed by atoms with Crippen LogP contribution in [-0.4, -0.2) is 14.5 Å². The molecule has 0 amide bonds. The van der Waals surface area contributed by atoms with E-state index in [9.17, 15) is 8.42 Å². The molecule has 6 heteroatoms. The Morgan fingerprint density at radius 2 is 1.95 bits per heavy atom. The number of nitrogens with zero attached hydrogens (tertiary/aromatic N) is 1. The molecule has 1 unspecified atom stereocenters. The maximum Gasteiger partial charge on any atom is 0.250 e. The Labute approximate surface area is 129 Å². The van der Waals surface area contributed by atoms with E-state index < -0.39 is 10.0 Å². The molecule has 0 saturated heterocycles. The van der Waals surface area contributed by atoms with Gasteiger partial charge in [-0.25, -0.2) is 13.1 Å². The quantitative estimate of drug-likeness (QED) is 0.889. The third-order valence-electron chi connectivity index (χ3n) is 3.02. The van der Waals surface area contributed by atoms with Crippen molar-refractivity contribution in [3.05, 3.63) is 52.9 Å². The summed E-state index contributed by atoms with van der Waals surface area (Å²) >= 11 is 0.985. The Morgan fingerprint density at radius 1 is 1.24 bits per heavy atom. The first-order valence-corrected chi connectivity index (χ1v) is 8.87. The van der Waals surface area contributed by atoms with Gasteiger partial charge in [-0.2, -0.15) is 5.26 Å². The van der Waals surface area contributed by atoms with E-state index in [2.05, 4.69) is 4.72 Å². The molecular formula is C15H16N2O2S2. The molecule has 110 valence electrons. The number of thiophene rings is 1. The van der Waals surface area contributed by atoms with Crippen molar-refractivity contribution in [2.24, 2.45) is 0 Å². The Morgan fingerprint density at radius 3 is 2.57 bits per heavy atom. The van der Waals surface area contributed by atoms with Gasteiger partial charge in [0.2, 0.25) is 10.0 Å². The van der Waals surface area contributed by atoms with Gasteiger partial charge in [-0.15, -0.1) is 11.3 Å². The normalized spacial score (nSPS) is 12.8. The van der Waals surface area contributed by atoms with Crippen LogP contribution in [0.1, 0.15) is 23.8 Å². The van der Waals surface area contributed by atoms with Crippen molar-refractivity contribution in [3.8, 4) is 6.07 Å². The second-order valence-corrected chi connectivity index (χ2v) is 7.80. The van der Waals surface area contributed by atoms with Crippen LogP contribution in [0.25, 0.3) is 0 Å². The van der Waals surface area contributed by atoms with Crippen LogP contribution in [0.3, 0.4) is 0 Å². The minimum atomic E-state index is -3.54. The smallest absolute Gasteiger partial charge is 0.208 e. The van der Waals surface area contributed by atoms with Crippen LogP contribution in [-0.2, 0) is 16.4 Å². The molecule has 21 heavy (non-hydrogen) atoms. The van der Waals surface area contributed by atoms with Crippen LogP contribution < -0.4 is 4.72 Å². The van der Waals surface area contributed by atoms with Gasteiger partial charge in [-0.05, 0) is 37.5 Å². The highest BCUT2D eigenvalue weighted by molar-refractivity contribution is 7.91. The topological polar surface area (TPSA) is 70.0 Å². The third kappa shape index (κ3) is 4.39. The van der Waals surface area contributed by atoms with Crippen molar-refractivity contribution in [2.45, 2.75) is 30.0 Å². The maximum absolute atomic E-state index is 12.2. The van der Waals surface area contributed by atoms with E-state index in [0.717, 1.165) is 24.2 Å². The molecular weight excluding hydrogens is 304 g/mol. The van der Waals surface area contributed by atoms with Crippen molar-refractivity contribution in [1.29, 1.82) is 5.26 Å². The number of hydrogen-bond donors (Lipinski definition) is 1. The van der Waals surface area contributed by atoms with Crippen LogP contribution >= 0.6 is 11.3 Å². The Bertz CT molecular complexity index is 731. The fourth-order valence-electron chi connectivity index (χ4n) is 1.93. The highest BCUT2D eigenvalue weighted by Crippen LogP contribution is 2.21. The Balaban J connectivity index is 1.95. The van der Waals surface area contributed by atoms with E-state index in [0.29, 0.717) is 4.88 Å². The second-order valence-electron chi connectivity index (χ2n) is 4.78. The van der Waals surface area contributed by atoms with Crippen molar-refractivity contribution in [1.82, 2.24) is 4.72 Å². The second kappa shape index (κ2) is 6.85. The van der Waals surface area contributed by atoms with Crippen molar-refractivity contribution in [3.63, 3.8) is 0 Å². The summed E-state index contributed by atoms with van der Waals surface area (Å²) in [5.74, 6) is 0. The minimum Gasteiger partial charge on any atom is -0.208 e. The van der Waals surface area contributed by atoms with Crippen LogP contribution in [0.15, 0.2) is 46.7 Å². The average molecular weight is 320 g/mol. The van der Waals surface area contributed by atoms with Crippen LogP contribution in [0, 0.1) is 11.3 Å². The standard InChI is InChI=1S/C15H16N2O2S2/c1-12(7-8-13-5-3-2-4-6-13)17-21(18,19)15-10-9-14(11-16)20-15/h2-6,9-10,12,17H,7-8H2,1H3. The van der Waals surface area contributed by atoms with E-state index in [1.54, 1.807) is 0 Å². The number of aryl methyl sites for hydroxylation is 1. The summed E-state index contributed by atoms with van der Waals surface area (Å²) in [4.78, 5) is 0.396. The van der Waals surface area contributed by atoms with Crippen LogP contribution in [0.2, 0.25) is 0 Å². The number of nitrogens with one attached hydrogen (secondary N) is 1. The molecule has 4 nitrogen and oxygen atoms in total. The van der Waals surface area contributed by atoms with Crippen molar-refractivity contribution < 1.29 is 8.42 Å². The first-order valence-electron chi connectivity index (χ1n) is 6.57. The van der Waals surface area contributed by atoms with Gasteiger partial charge in [0.1, 0.15) is 15.2 Å². The number of benzene rings is 1. The van der Waals surface area contributed by atoms with Crippen molar-refractivity contribution in [2.75, 3.05) is 0 Å². The summed E-state index contributed by atoms with van der Waals surface area (Å²) in [6.45, 7) is 1.85. The van der Waals surface area contributed by atoms with E-state index in [4.69, 9.17) is 5.26 Å². The predicted molar refractivity (Wildman–Crippen MR) is 83.6 cm³/mol. The lowest BCUT2D eigenvalue weighted by molar-refractivity contribution is 0.548. The predicted octanol–water partition coefficient (Wildman–Crippen LogP) is 2.92. The van der Waals surface area contributed by atoms with Crippen molar-refractivity contribution >= 4 is 21.4 Å². The zero-order valence-electron chi connectivity index (χ0n) is 11.6. The van der Waals surface area contributed by atoms with Gasteiger partial charge in [0.25, 0.3) is 0 Å². The Hall–Kier alpha value is -1.68. The molecule has 0 aliphatic heterocycles. The molecule has 1 heterocycles. The van der Waals surface area contributed by atoms with Gasteiger partial charge in [-0.3, -0.25) is 0 Å². The molecule has 0 aliphatic carbocycles. The third-order valence-corrected chi connectivity index (χ3v) is 6.09. The number of rotatable bonds is 6. The molecule has 0 bridgehead atoms.